The van der Waals surface area contributed by atoms with Crippen molar-refractivity contribution in [3.05, 3.63) is 89.9 Å². The number of ether oxygens (including phenoxy) is 1. The highest BCUT2D eigenvalue weighted by Crippen LogP contribution is 2.35. The Morgan fingerprint density at radius 3 is 2.55 bits per heavy atom. The van der Waals surface area contributed by atoms with Crippen LogP contribution in [0.15, 0.2) is 77.7 Å². The second-order valence-corrected chi connectivity index (χ2v) is 6.42. The number of amides is 1. The minimum atomic E-state index is -0.715. The van der Waals surface area contributed by atoms with Gasteiger partial charge in [0.2, 0.25) is 0 Å². The highest BCUT2D eigenvalue weighted by atomic mass is 16.5. The van der Waals surface area contributed by atoms with Crippen molar-refractivity contribution in [1.82, 2.24) is 15.4 Å². The number of hydrogen-bond acceptors (Lipinski definition) is 6. The van der Waals surface area contributed by atoms with Gasteiger partial charge in [-0.15, -0.1) is 0 Å². The molecule has 0 aliphatic carbocycles. The zero-order valence-corrected chi connectivity index (χ0v) is 16.5. The Morgan fingerprint density at radius 1 is 1.10 bits per heavy atom. The summed E-state index contributed by atoms with van der Waals surface area (Å²) in [6, 6.07) is 16.1. The standard InChI is InChI=1S/C24H17N3O4/c1-30-23-19(24(28)27-29)14-20(21-5-3-13-31-21)26-22(23)18-10-8-16(9-11-18)6-7-17-4-2-12-25-15-17/h2-5,8-15,29H,1H3,(H,27,28). The molecule has 4 aromatic rings. The molecule has 152 valence electrons. The summed E-state index contributed by atoms with van der Waals surface area (Å²) in [5, 5.41) is 9.16. The maximum absolute atomic E-state index is 12.2. The fourth-order valence-corrected chi connectivity index (χ4v) is 3.01. The van der Waals surface area contributed by atoms with Crippen LogP contribution < -0.4 is 10.2 Å². The molecule has 0 fully saturated rings. The molecule has 0 bridgehead atoms. The first kappa shape index (κ1) is 19.9. The predicted octanol–water partition coefficient (Wildman–Crippen LogP) is 3.93. The first-order chi connectivity index (χ1) is 15.2. The highest BCUT2D eigenvalue weighted by molar-refractivity contribution is 5.99. The lowest BCUT2D eigenvalue weighted by Crippen LogP contribution is -2.20. The molecule has 3 aromatic heterocycles. The molecule has 31 heavy (non-hydrogen) atoms. The number of pyridine rings is 2. The highest BCUT2D eigenvalue weighted by Gasteiger charge is 2.21. The van der Waals surface area contributed by atoms with Crippen LogP contribution in [-0.2, 0) is 0 Å². The van der Waals surface area contributed by atoms with E-state index in [0.29, 0.717) is 22.7 Å². The third-order valence-electron chi connectivity index (χ3n) is 4.47. The maximum atomic E-state index is 12.2. The van der Waals surface area contributed by atoms with E-state index in [1.165, 1.54) is 19.4 Å². The third kappa shape index (κ3) is 4.29. The van der Waals surface area contributed by atoms with E-state index in [0.717, 1.165) is 11.1 Å². The summed E-state index contributed by atoms with van der Waals surface area (Å²) in [4.78, 5) is 20.9. The number of carbonyl (C=O) groups excluding carboxylic acids is 1. The fourth-order valence-electron chi connectivity index (χ4n) is 3.01. The van der Waals surface area contributed by atoms with Crippen molar-refractivity contribution < 1.29 is 19.2 Å². The molecule has 4 rings (SSSR count). The van der Waals surface area contributed by atoms with Gasteiger partial charge < -0.3 is 9.15 Å². The number of nitrogens with one attached hydrogen (secondary N) is 1. The summed E-state index contributed by atoms with van der Waals surface area (Å²) in [5.74, 6) is 6.14. The summed E-state index contributed by atoms with van der Waals surface area (Å²) in [7, 11) is 1.44. The molecule has 0 radical (unpaired) electrons. The molecule has 0 unspecified atom stereocenters. The van der Waals surface area contributed by atoms with E-state index < -0.39 is 5.91 Å². The number of methoxy groups -OCH3 is 1. The van der Waals surface area contributed by atoms with Crippen molar-refractivity contribution in [2.45, 2.75) is 0 Å². The average Bonchev–Trinajstić information content (AvgIpc) is 3.37. The van der Waals surface area contributed by atoms with Crippen LogP contribution in [0.25, 0.3) is 22.7 Å². The van der Waals surface area contributed by atoms with E-state index in [2.05, 4.69) is 21.8 Å². The predicted molar refractivity (Wildman–Crippen MR) is 113 cm³/mol. The summed E-state index contributed by atoms with van der Waals surface area (Å²) in [6.45, 7) is 0. The summed E-state index contributed by atoms with van der Waals surface area (Å²) < 4.78 is 10.9. The number of hydroxylamine groups is 1. The Bertz CT molecular complexity index is 1260. The lowest BCUT2D eigenvalue weighted by atomic mass is 10.0. The van der Waals surface area contributed by atoms with E-state index in [-0.39, 0.29) is 11.3 Å². The van der Waals surface area contributed by atoms with Crippen molar-refractivity contribution in [2.75, 3.05) is 7.11 Å². The molecule has 3 heterocycles. The number of furan rings is 1. The van der Waals surface area contributed by atoms with Gasteiger partial charge in [0.1, 0.15) is 11.4 Å². The van der Waals surface area contributed by atoms with Gasteiger partial charge in [-0.05, 0) is 42.5 Å². The van der Waals surface area contributed by atoms with Crippen molar-refractivity contribution in [1.29, 1.82) is 0 Å². The van der Waals surface area contributed by atoms with Crippen LogP contribution in [0.5, 0.6) is 5.75 Å². The molecular weight excluding hydrogens is 394 g/mol. The molecule has 0 spiro atoms. The van der Waals surface area contributed by atoms with Crippen LogP contribution in [0.1, 0.15) is 21.5 Å². The van der Waals surface area contributed by atoms with Crippen LogP contribution in [0.4, 0.5) is 0 Å². The molecule has 0 aliphatic heterocycles. The molecule has 0 saturated heterocycles. The lowest BCUT2D eigenvalue weighted by Gasteiger charge is -2.14. The molecular formula is C24H17N3O4. The number of aromatic nitrogens is 2. The Kier molecular flexibility index (Phi) is 5.74. The van der Waals surface area contributed by atoms with Gasteiger partial charge >= 0.3 is 0 Å². The monoisotopic (exact) mass is 411 g/mol. The SMILES string of the molecule is COc1c(C(=O)NO)cc(-c2ccco2)nc1-c1ccc(C#Cc2cccnc2)cc1. The summed E-state index contributed by atoms with van der Waals surface area (Å²) in [6.07, 6.45) is 4.91. The van der Waals surface area contributed by atoms with Gasteiger partial charge in [-0.3, -0.25) is 15.0 Å². The van der Waals surface area contributed by atoms with Gasteiger partial charge in [0, 0.05) is 29.1 Å². The van der Waals surface area contributed by atoms with E-state index in [1.807, 2.05) is 36.4 Å². The fraction of sp³-hybridized carbons (Fsp3) is 0.0417. The average molecular weight is 411 g/mol. The van der Waals surface area contributed by atoms with Crippen molar-refractivity contribution in [3.63, 3.8) is 0 Å². The zero-order valence-electron chi connectivity index (χ0n) is 16.5. The van der Waals surface area contributed by atoms with Gasteiger partial charge in [-0.25, -0.2) is 10.5 Å². The van der Waals surface area contributed by atoms with E-state index in [1.54, 1.807) is 30.0 Å². The maximum Gasteiger partial charge on any atom is 0.278 e. The molecule has 7 nitrogen and oxygen atoms in total. The zero-order chi connectivity index (χ0) is 21.6. The van der Waals surface area contributed by atoms with Gasteiger partial charge in [-0.2, -0.15) is 0 Å². The quantitative estimate of drug-likeness (QED) is 0.300. The topological polar surface area (TPSA) is 97.5 Å². The first-order valence-electron chi connectivity index (χ1n) is 9.29. The smallest absolute Gasteiger partial charge is 0.278 e. The normalized spacial score (nSPS) is 10.1. The minimum absolute atomic E-state index is 0.127. The number of rotatable bonds is 4. The lowest BCUT2D eigenvalue weighted by molar-refractivity contribution is 0.0703. The van der Waals surface area contributed by atoms with Crippen molar-refractivity contribution >= 4 is 5.91 Å². The molecule has 0 atom stereocenters. The van der Waals surface area contributed by atoms with Gasteiger partial charge in [-0.1, -0.05) is 24.0 Å². The van der Waals surface area contributed by atoms with Crippen LogP contribution in [0.2, 0.25) is 0 Å². The van der Waals surface area contributed by atoms with E-state index >= 15 is 0 Å². The Hall–Kier alpha value is -4.41. The van der Waals surface area contributed by atoms with Crippen LogP contribution in [-0.4, -0.2) is 28.2 Å². The van der Waals surface area contributed by atoms with Crippen molar-refractivity contribution in [3.8, 4) is 40.3 Å². The molecule has 1 amide bonds. The van der Waals surface area contributed by atoms with Gasteiger partial charge in [0.05, 0.1) is 18.9 Å². The Balaban J connectivity index is 1.77. The Morgan fingerprint density at radius 2 is 1.90 bits per heavy atom. The number of carbonyl (C=O) groups is 1. The number of benzene rings is 1. The Labute approximate surface area is 178 Å². The summed E-state index contributed by atoms with van der Waals surface area (Å²) in [5.41, 5.74) is 4.98. The first-order valence-corrected chi connectivity index (χ1v) is 9.29. The summed E-state index contributed by atoms with van der Waals surface area (Å²) >= 11 is 0. The van der Waals surface area contributed by atoms with Crippen LogP contribution in [0.3, 0.4) is 0 Å². The van der Waals surface area contributed by atoms with Crippen molar-refractivity contribution in [2.24, 2.45) is 0 Å². The second kappa shape index (κ2) is 8.95. The van der Waals surface area contributed by atoms with Crippen LogP contribution in [0, 0.1) is 11.8 Å². The third-order valence-corrected chi connectivity index (χ3v) is 4.47. The number of hydrogen-bond donors (Lipinski definition) is 2. The van der Waals surface area contributed by atoms with Gasteiger partial charge in [0.25, 0.3) is 5.91 Å². The van der Waals surface area contributed by atoms with E-state index in [4.69, 9.17) is 14.4 Å². The molecule has 0 saturated carbocycles. The second-order valence-electron chi connectivity index (χ2n) is 6.42. The van der Waals surface area contributed by atoms with Gasteiger partial charge in [0.15, 0.2) is 11.5 Å². The number of nitrogens with zero attached hydrogens (tertiary/aromatic N) is 2. The van der Waals surface area contributed by atoms with Crippen LogP contribution >= 0.6 is 0 Å². The largest absolute Gasteiger partial charge is 0.494 e. The minimum Gasteiger partial charge on any atom is -0.494 e. The molecule has 2 N–H and O–H groups in total. The molecule has 7 heteroatoms. The molecule has 1 aromatic carbocycles. The molecule has 0 aliphatic rings. The van der Waals surface area contributed by atoms with E-state index in [9.17, 15) is 4.79 Å².